The summed E-state index contributed by atoms with van der Waals surface area (Å²) in [5.74, 6) is 0. The molecule has 0 saturated heterocycles. The molecule has 1 unspecified atom stereocenters. The number of benzene rings is 1. The Bertz CT molecular complexity index is 658. The Morgan fingerprint density at radius 1 is 1.41 bits per heavy atom. The van der Waals surface area contributed by atoms with Gasteiger partial charge in [-0.25, -0.2) is 13.1 Å². The molecule has 0 saturated carbocycles. The van der Waals surface area contributed by atoms with Gasteiger partial charge in [0.2, 0.25) is 0 Å². The summed E-state index contributed by atoms with van der Waals surface area (Å²) in [6.45, 7) is 1.63. The summed E-state index contributed by atoms with van der Waals surface area (Å²) in [5, 5.41) is 18.5. The van der Waals surface area contributed by atoms with Crippen LogP contribution in [0.15, 0.2) is 29.2 Å². The van der Waals surface area contributed by atoms with E-state index < -0.39 is 16.1 Å². The smallest absolute Gasteiger partial charge is 0.250 e. The van der Waals surface area contributed by atoms with Crippen LogP contribution in [0.1, 0.15) is 18.9 Å². The van der Waals surface area contributed by atoms with Crippen LogP contribution in [0.25, 0.3) is 6.08 Å². The molecule has 1 aromatic carbocycles. The van der Waals surface area contributed by atoms with Crippen molar-refractivity contribution in [3.8, 4) is 6.07 Å². The number of aliphatic hydroxyl groups is 1. The highest BCUT2D eigenvalue weighted by molar-refractivity contribution is 7.93. The Balaban J connectivity index is 2.97. The lowest BCUT2D eigenvalue weighted by atomic mass is 10.2. The fourth-order valence-corrected chi connectivity index (χ4v) is 2.60. The zero-order chi connectivity index (χ0) is 16.8. The summed E-state index contributed by atoms with van der Waals surface area (Å²) in [7, 11) is -0.119. The van der Waals surface area contributed by atoms with E-state index in [1.165, 1.54) is 6.08 Å². The van der Waals surface area contributed by atoms with E-state index in [1.807, 2.05) is 31.1 Å². The van der Waals surface area contributed by atoms with E-state index in [1.54, 1.807) is 25.1 Å². The molecule has 1 rings (SSSR count). The molecule has 0 aliphatic rings. The van der Waals surface area contributed by atoms with Crippen molar-refractivity contribution in [2.24, 2.45) is 0 Å². The van der Waals surface area contributed by atoms with Crippen LogP contribution >= 0.6 is 0 Å². The molecule has 1 atom stereocenters. The van der Waals surface area contributed by atoms with Gasteiger partial charge in [0.25, 0.3) is 10.0 Å². The van der Waals surface area contributed by atoms with Gasteiger partial charge in [0.05, 0.1) is 6.10 Å². The van der Waals surface area contributed by atoms with Crippen LogP contribution in [0, 0.1) is 11.3 Å². The van der Waals surface area contributed by atoms with Crippen molar-refractivity contribution < 1.29 is 13.5 Å². The van der Waals surface area contributed by atoms with Crippen molar-refractivity contribution in [1.82, 2.24) is 4.72 Å². The van der Waals surface area contributed by atoms with Gasteiger partial charge < -0.3 is 10.0 Å². The van der Waals surface area contributed by atoms with Crippen LogP contribution in [-0.4, -0.2) is 40.3 Å². The molecule has 0 amide bonds. The van der Waals surface area contributed by atoms with Crippen LogP contribution in [-0.2, 0) is 10.0 Å². The first kappa shape index (κ1) is 18.2. The lowest BCUT2D eigenvalue weighted by molar-refractivity contribution is 0.174. The van der Waals surface area contributed by atoms with Crippen LogP contribution < -0.4 is 9.62 Å². The first-order valence-electron chi connectivity index (χ1n) is 6.87. The molecule has 0 heterocycles. The van der Waals surface area contributed by atoms with E-state index >= 15 is 0 Å². The molecule has 1 aromatic rings. The number of aliphatic hydroxyl groups excluding tert-OH is 1. The van der Waals surface area contributed by atoms with Crippen LogP contribution in [0.5, 0.6) is 0 Å². The average molecular weight is 323 g/mol. The number of nitriles is 1. The van der Waals surface area contributed by atoms with Gasteiger partial charge in [-0.15, -0.1) is 0 Å². The molecule has 0 fully saturated rings. The number of anilines is 1. The van der Waals surface area contributed by atoms with E-state index in [0.717, 1.165) is 5.69 Å². The molecular weight excluding hydrogens is 302 g/mol. The van der Waals surface area contributed by atoms with Gasteiger partial charge in [0.1, 0.15) is 6.07 Å². The van der Waals surface area contributed by atoms with Crippen LogP contribution in [0.3, 0.4) is 0 Å². The molecule has 0 aliphatic heterocycles. The third-order valence-corrected chi connectivity index (χ3v) is 4.42. The van der Waals surface area contributed by atoms with Crippen molar-refractivity contribution in [2.45, 2.75) is 19.4 Å². The summed E-state index contributed by atoms with van der Waals surface area (Å²) < 4.78 is 26.3. The monoisotopic (exact) mass is 323 g/mol. The van der Waals surface area contributed by atoms with Gasteiger partial charge in [0.15, 0.2) is 4.91 Å². The summed E-state index contributed by atoms with van der Waals surface area (Å²) >= 11 is 0. The van der Waals surface area contributed by atoms with Crippen molar-refractivity contribution in [3.63, 3.8) is 0 Å². The molecule has 0 spiro atoms. The number of sulfonamides is 1. The third-order valence-electron chi connectivity index (χ3n) is 3.09. The second kappa shape index (κ2) is 7.94. The molecular formula is C15H21N3O3S. The zero-order valence-electron chi connectivity index (χ0n) is 12.9. The molecule has 120 valence electrons. The molecule has 0 aliphatic carbocycles. The van der Waals surface area contributed by atoms with E-state index in [0.29, 0.717) is 12.0 Å². The SMILES string of the molecule is CCC(O)CNS(=O)(=O)/C(C#N)=C/c1ccc(N(C)C)cc1. The Morgan fingerprint density at radius 3 is 2.45 bits per heavy atom. The predicted octanol–water partition coefficient (Wildman–Crippen LogP) is 1.31. The van der Waals surface area contributed by atoms with Gasteiger partial charge in [-0.1, -0.05) is 19.1 Å². The Labute approximate surface area is 131 Å². The number of allylic oxidation sites excluding steroid dienone is 1. The maximum atomic E-state index is 12.0. The van der Waals surface area contributed by atoms with E-state index in [-0.39, 0.29) is 11.4 Å². The van der Waals surface area contributed by atoms with Gasteiger partial charge in [-0.3, -0.25) is 0 Å². The molecule has 7 heteroatoms. The van der Waals surface area contributed by atoms with E-state index in [4.69, 9.17) is 5.26 Å². The maximum Gasteiger partial charge on any atom is 0.250 e. The van der Waals surface area contributed by atoms with Crippen molar-refractivity contribution >= 4 is 21.8 Å². The van der Waals surface area contributed by atoms with Crippen molar-refractivity contribution in [2.75, 3.05) is 25.5 Å². The second-order valence-corrected chi connectivity index (χ2v) is 6.76. The minimum atomic E-state index is -3.92. The van der Waals surface area contributed by atoms with Gasteiger partial charge in [0, 0.05) is 26.3 Å². The van der Waals surface area contributed by atoms with Crippen molar-refractivity contribution in [3.05, 3.63) is 34.7 Å². The third kappa shape index (κ3) is 5.15. The first-order chi connectivity index (χ1) is 10.3. The molecule has 6 nitrogen and oxygen atoms in total. The Kier molecular flexibility index (Phi) is 6.56. The number of nitrogens with zero attached hydrogens (tertiary/aromatic N) is 2. The number of hydrogen-bond acceptors (Lipinski definition) is 5. The largest absolute Gasteiger partial charge is 0.392 e. The number of rotatable bonds is 7. The van der Waals surface area contributed by atoms with Gasteiger partial charge in [-0.2, -0.15) is 5.26 Å². The summed E-state index contributed by atoms with van der Waals surface area (Å²) in [5.41, 5.74) is 1.59. The summed E-state index contributed by atoms with van der Waals surface area (Å²) in [6, 6.07) is 8.84. The summed E-state index contributed by atoms with van der Waals surface area (Å²) in [6.07, 6.45) is 0.967. The van der Waals surface area contributed by atoms with Gasteiger partial charge in [-0.05, 0) is 30.2 Å². The van der Waals surface area contributed by atoms with Crippen LogP contribution in [0.4, 0.5) is 5.69 Å². The Morgan fingerprint density at radius 2 is 2.00 bits per heavy atom. The van der Waals surface area contributed by atoms with Crippen LogP contribution in [0.2, 0.25) is 0 Å². The lowest BCUT2D eigenvalue weighted by Gasteiger charge is -2.12. The van der Waals surface area contributed by atoms with E-state index in [9.17, 15) is 13.5 Å². The number of nitrogens with one attached hydrogen (secondary N) is 1. The average Bonchev–Trinajstić information content (AvgIpc) is 2.50. The molecule has 0 radical (unpaired) electrons. The highest BCUT2D eigenvalue weighted by Crippen LogP contribution is 2.16. The molecule has 2 N–H and O–H groups in total. The first-order valence-corrected chi connectivity index (χ1v) is 8.35. The van der Waals surface area contributed by atoms with Crippen molar-refractivity contribution in [1.29, 1.82) is 5.26 Å². The summed E-state index contributed by atoms with van der Waals surface area (Å²) in [4.78, 5) is 1.54. The standard InChI is InChI=1S/C15H21N3O3S/c1-4-14(19)11-17-22(20,21)15(10-16)9-12-5-7-13(8-6-12)18(2)3/h5-9,14,17,19H,4,11H2,1-3H3/b15-9+. The zero-order valence-corrected chi connectivity index (χ0v) is 13.8. The highest BCUT2D eigenvalue weighted by Gasteiger charge is 2.18. The highest BCUT2D eigenvalue weighted by atomic mass is 32.2. The lowest BCUT2D eigenvalue weighted by Crippen LogP contribution is -2.32. The Hall–Kier alpha value is -1.88. The fraction of sp³-hybridized carbons (Fsp3) is 0.400. The minimum Gasteiger partial charge on any atom is -0.392 e. The fourth-order valence-electron chi connectivity index (χ4n) is 1.62. The molecule has 0 bridgehead atoms. The molecule has 0 aromatic heterocycles. The second-order valence-electron chi connectivity index (χ2n) is 5.02. The normalized spacial score (nSPS) is 13.5. The predicted molar refractivity (Wildman–Crippen MR) is 87.6 cm³/mol. The minimum absolute atomic E-state index is 0.114. The van der Waals surface area contributed by atoms with Gasteiger partial charge >= 0.3 is 0 Å². The maximum absolute atomic E-state index is 12.0. The molecule has 22 heavy (non-hydrogen) atoms. The quantitative estimate of drug-likeness (QED) is 0.738. The van der Waals surface area contributed by atoms with E-state index in [2.05, 4.69) is 4.72 Å². The number of hydrogen-bond donors (Lipinski definition) is 2. The topological polar surface area (TPSA) is 93.4 Å².